The number of aliphatic hydroxyl groups excluding tert-OH is 1. The van der Waals surface area contributed by atoms with Gasteiger partial charge in [0.05, 0.1) is 13.2 Å². The van der Waals surface area contributed by atoms with Crippen LogP contribution in [0.3, 0.4) is 0 Å². The number of hydrogen-bond donors (Lipinski definition) is 3. The molecular weight excluding hydrogens is 266 g/mol. The Balaban J connectivity index is 2.57. The van der Waals surface area contributed by atoms with Crippen molar-refractivity contribution in [2.24, 2.45) is 0 Å². The molecule has 110 valence electrons. The van der Waals surface area contributed by atoms with Crippen molar-refractivity contribution in [3.05, 3.63) is 24.3 Å². The van der Waals surface area contributed by atoms with Gasteiger partial charge in [0.1, 0.15) is 0 Å². The summed E-state index contributed by atoms with van der Waals surface area (Å²) in [4.78, 5) is 22.4. The summed E-state index contributed by atoms with van der Waals surface area (Å²) in [7, 11) is 1.47. The van der Waals surface area contributed by atoms with Gasteiger partial charge in [0.2, 0.25) is 0 Å². The molecule has 1 aromatic carbocycles. The van der Waals surface area contributed by atoms with Crippen molar-refractivity contribution < 1.29 is 29.3 Å². The van der Waals surface area contributed by atoms with Crippen molar-refractivity contribution in [3.8, 4) is 11.5 Å². The molecule has 1 amide bonds. The number of ether oxygens (including phenoxy) is 2. The number of aliphatic carboxylic acids is 1. The molecule has 20 heavy (non-hydrogen) atoms. The van der Waals surface area contributed by atoms with Gasteiger partial charge >= 0.3 is 5.97 Å². The lowest BCUT2D eigenvalue weighted by atomic mass is 10.2. The highest BCUT2D eigenvalue weighted by molar-refractivity contribution is 5.84. The minimum Gasteiger partial charge on any atom is -0.493 e. The Morgan fingerprint density at radius 2 is 1.90 bits per heavy atom. The number of carboxylic acid groups (broad SMARTS) is 1. The number of benzene rings is 1. The fourth-order valence-corrected chi connectivity index (χ4v) is 1.49. The quantitative estimate of drug-likeness (QED) is 0.652. The van der Waals surface area contributed by atoms with E-state index in [2.05, 4.69) is 5.32 Å². The first-order valence-corrected chi connectivity index (χ1v) is 5.91. The van der Waals surface area contributed by atoms with Crippen molar-refractivity contribution in [1.82, 2.24) is 5.32 Å². The summed E-state index contributed by atoms with van der Waals surface area (Å²) in [5.74, 6) is -1.13. The average Bonchev–Trinajstić information content (AvgIpc) is 2.42. The maximum Gasteiger partial charge on any atom is 0.328 e. The van der Waals surface area contributed by atoms with Crippen LogP contribution >= 0.6 is 0 Å². The van der Waals surface area contributed by atoms with Crippen LogP contribution in [0.1, 0.15) is 6.92 Å². The van der Waals surface area contributed by atoms with Gasteiger partial charge in [0, 0.05) is 0 Å². The third kappa shape index (κ3) is 4.43. The number of hydrogen-bond acceptors (Lipinski definition) is 5. The molecule has 0 fully saturated rings. The monoisotopic (exact) mass is 283 g/mol. The molecule has 0 aromatic heterocycles. The van der Waals surface area contributed by atoms with Crippen molar-refractivity contribution in [2.75, 3.05) is 13.7 Å². The van der Waals surface area contributed by atoms with Crippen molar-refractivity contribution in [1.29, 1.82) is 0 Å². The Morgan fingerprint density at radius 1 is 1.30 bits per heavy atom. The molecule has 3 N–H and O–H groups in total. The van der Waals surface area contributed by atoms with E-state index < -0.39 is 24.0 Å². The maximum atomic E-state index is 11.6. The van der Waals surface area contributed by atoms with Crippen LogP contribution < -0.4 is 14.8 Å². The summed E-state index contributed by atoms with van der Waals surface area (Å²) in [5, 5.41) is 20.2. The van der Waals surface area contributed by atoms with Gasteiger partial charge in [-0.2, -0.15) is 0 Å². The van der Waals surface area contributed by atoms with Gasteiger partial charge in [-0.25, -0.2) is 4.79 Å². The van der Waals surface area contributed by atoms with Gasteiger partial charge in [0.15, 0.2) is 24.1 Å². The number of nitrogens with one attached hydrogen (secondary N) is 1. The van der Waals surface area contributed by atoms with E-state index in [4.69, 9.17) is 14.6 Å². The average molecular weight is 283 g/mol. The maximum absolute atomic E-state index is 11.6. The summed E-state index contributed by atoms with van der Waals surface area (Å²) in [6, 6.07) is 5.38. The second kappa shape index (κ2) is 7.34. The van der Waals surface area contributed by atoms with E-state index in [1.807, 2.05) is 0 Å². The topological polar surface area (TPSA) is 105 Å². The number of rotatable bonds is 7. The second-order valence-corrected chi connectivity index (χ2v) is 4.06. The third-order valence-electron chi connectivity index (χ3n) is 2.49. The standard InChI is InChI=1S/C13H17NO6/c1-8(15)12(13(17)18)14-11(16)7-20-10-6-4-3-5-9(10)19-2/h3-6,8,12,15H,7H2,1-2H3,(H,14,16)(H,17,18). The molecule has 2 unspecified atom stereocenters. The highest BCUT2D eigenvalue weighted by Crippen LogP contribution is 2.25. The molecule has 0 spiro atoms. The molecule has 0 aliphatic carbocycles. The molecule has 0 heterocycles. The molecule has 1 aromatic rings. The first-order chi connectivity index (χ1) is 9.45. The summed E-state index contributed by atoms with van der Waals surface area (Å²) in [5.41, 5.74) is 0. The molecule has 7 heteroatoms. The zero-order valence-electron chi connectivity index (χ0n) is 11.2. The minimum atomic E-state index is -1.37. The predicted octanol–water partition coefficient (Wildman–Crippen LogP) is 0.0242. The van der Waals surface area contributed by atoms with E-state index in [0.29, 0.717) is 11.5 Å². The van der Waals surface area contributed by atoms with Gasteiger partial charge in [-0.1, -0.05) is 12.1 Å². The zero-order chi connectivity index (χ0) is 15.1. The van der Waals surface area contributed by atoms with E-state index in [0.717, 1.165) is 0 Å². The van der Waals surface area contributed by atoms with Gasteiger partial charge in [-0.3, -0.25) is 4.79 Å². The normalized spacial score (nSPS) is 13.2. The largest absolute Gasteiger partial charge is 0.493 e. The van der Waals surface area contributed by atoms with Crippen LogP contribution in [0.5, 0.6) is 11.5 Å². The van der Waals surface area contributed by atoms with Crippen molar-refractivity contribution in [3.63, 3.8) is 0 Å². The molecule has 1 rings (SSSR count). The highest BCUT2D eigenvalue weighted by Gasteiger charge is 2.25. The Bertz CT molecular complexity index is 474. The highest BCUT2D eigenvalue weighted by atomic mass is 16.5. The van der Waals surface area contributed by atoms with Gasteiger partial charge in [0.25, 0.3) is 5.91 Å². The van der Waals surface area contributed by atoms with Gasteiger partial charge < -0.3 is 25.0 Å². The van der Waals surface area contributed by atoms with Crippen LogP contribution in [-0.4, -0.2) is 48.0 Å². The van der Waals surface area contributed by atoms with Crippen molar-refractivity contribution >= 4 is 11.9 Å². The molecule has 0 aliphatic rings. The number of carbonyl (C=O) groups excluding carboxylic acids is 1. The SMILES string of the molecule is COc1ccccc1OCC(=O)NC(C(=O)O)C(C)O. The number of aliphatic hydroxyl groups is 1. The van der Waals surface area contributed by atoms with Gasteiger partial charge in [-0.15, -0.1) is 0 Å². The Morgan fingerprint density at radius 3 is 2.40 bits per heavy atom. The Kier molecular flexibility index (Phi) is 5.79. The number of carboxylic acids is 1. The smallest absolute Gasteiger partial charge is 0.328 e. The van der Waals surface area contributed by atoms with Crippen LogP contribution in [0.4, 0.5) is 0 Å². The molecule has 0 saturated heterocycles. The zero-order valence-corrected chi connectivity index (χ0v) is 11.2. The molecule has 7 nitrogen and oxygen atoms in total. The second-order valence-electron chi connectivity index (χ2n) is 4.06. The van der Waals surface area contributed by atoms with E-state index in [9.17, 15) is 14.7 Å². The summed E-state index contributed by atoms with van der Waals surface area (Å²) in [6.45, 7) is 0.900. The van der Waals surface area contributed by atoms with Crippen LogP contribution in [-0.2, 0) is 9.59 Å². The fourth-order valence-electron chi connectivity index (χ4n) is 1.49. The van der Waals surface area contributed by atoms with Crippen LogP contribution in [0, 0.1) is 0 Å². The fraction of sp³-hybridized carbons (Fsp3) is 0.385. The van der Waals surface area contributed by atoms with E-state index in [1.54, 1.807) is 24.3 Å². The van der Waals surface area contributed by atoms with Crippen LogP contribution in [0.15, 0.2) is 24.3 Å². The lowest BCUT2D eigenvalue weighted by Gasteiger charge is -2.17. The third-order valence-corrected chi connectivity index (χ3v) is 2.49. The van der Waals surface area contributed by atoms with E-state index in [-0.39, 0.29) is 6.61 Å². The first kappa shape index (κ1) is 15.8. The molecule has 0 radical (unpaired) electrons. The first-order valence-electron chi connectivity index (χ1n) is 5.91. The molecular formula is C13H17NO6. The number of carbonyl (C=O) groups is 2. The van der Waals surface area contributed by atoms with E-state index in [1.165, 1.54) is 14.0 Å². The summed E-state index contributed by atoms with van der Waals surface area (Å²) in [6.07, 6.45) is -1.21. The molecule has 0 saturated carbocycles. The Labute approximate surface area is 116 Å². The van der Waals surface area contributed by atoms with Crippen LogP contribution in [0.25, 0.3) is 0 Å². The number of amides is 1. The van der Waals surface area contributed by atoms with E-state index >= 15 is 0 Å². The number of methoxy groups -OCH3 is 1. The van der Waals surface area contributed by atoms with Crippen LogP contribution in [0.2, 0.25) is 0 Å². The minimum absolute atomic E-state index is 0.370. The number of para-hydroxylation sites is 2. The molecule has 0 aliphatic heterocycles. The lowest BCUT2D eigenvalue weighted by molar-refractivity contribution is -0.145. The van der Waals surface area contributed by atoms with Crippen molar-refractivity contribution in [2.45, 2.75) is 19.1 Å². The Hall–Kier alpha value is -2.28. The summed E-state index contributed by atoms with van der Waals surface area (Å²) < 4.78 is 10.3. The lowest BCUT2D eigenvalue weighted by Crippen LogP contribution is -2.49. The molecule has 0 bridgehead atoms. The molecule has 2 atom stereocenters. The summed E-state index contributed by atoms with van der Waals surface area (Å²) >= 11 is 0. The van der Waals surface area contributed by atoms with Gasteiger partial charge in [-0.05, 0) is 19.1 Å². The predicted molar refractivity (Wildman–Crippen MR) is 69.7 cm³/mol.